The van der Waals surface area contributed by atoms with Gasteiger partial charge in [-0.3, -0.25) is 0 Å². The number of piperidine rings is 1. The zero-order valence-electron chi connectivity index (χ0n) is 8.28. The maximum absolute atomic E-state index is 4.41. The van der Waals surface area contributed by atoms with Crippen molar-refractivity contribution in [2.75, 3.05) is 20.1 Å². The highest BCUT2D eigenvalue weighted by Gasteiger charge is 2.19. The first-order valence-corrected chi connectivity index (χ1v) is 5.72. The molecule has 1 aromatic heterocycles. The van der Waals surface area contributed by atoms with E-state index in [-0.39, 0.29) is 0 Å². The molecule has 14 heavy (non-hydrogen) atoms. The van der Waals surface area contributed by atoms with Crippen molar-refractivity contribution in [3.8, 4) is 0 Å². The molecule has 0 aromatic carbocycles. The Kier molecular flexibility index (Phi) is 3.13. The molecule has 4 heteroatoms. The molecule has 0 N–H and O–H groups in total. The van der Waals surface area contributed by atoms with Gasteiger partial charge in [0.15, 0.2) is 4.73 Å². The second kappa shape index (κ2) is 4.36. The molecule has 0 aliphatic carbocycles. The maximum atomic E-state index is 4.41. The lowest BCUT2D eigenvalue weighted by Gasteiger charge is -2.29. The van der Waals surface area contributed by atoms with E-state index >= 15 is 0 Å². The third-order valence-electron chi connectivity index (χ3n) is 2.69. The van der Waals surface area contributed by atoms with E-state index in [1.807, 2.05) is 12.3 Å². The van der Waals surface area contributed by atoms with Crippen LogP contribution in [0.3, 0.4) is 0 Å². The van der Waals surface area contributed by atoms with Crippen molar-refractivity contribution in [1.82, 2.24) is 14.9 Å². The van der Waals surface area contributed by atoms with E-state index in [0.717, 1.165) is 6.54 Å². The third kappa shape index (κ3) is 2.30. The largest absolute Gasteiger partial charge is 0.306 e. The van der Waals surface area contributed by atoms with Crippen molar-refractivity contribution < 1.29 is 0 Å². The van der Waals surface area contributed by atoms with Crippen molar-refractivity contribution in [2.45, 2.75) is 18.8 Å². The Morgan fingerprint density at radius 3 is 3.14 bits per heavy atom. The summed E-state index contributed by atoms with van der Waals surface area (Å²) in [5, 5.41) is 0. The van der Waals surface area contributed by atoms with Gasteiger partial charge in [-0.1, -0.05) is 0 Å². The predicted octanol–water partition coefficient (Wildman–Crippen LogP) is 2.05. The lowest BCUT2D eigenvalue weighted by Crippen LogP contribution is -2.31. The van der Waals surface area contributed by atoms with Gasteiger partial charge in [0.2, 0.25) is 0 Å². The Bertz CT molecular complexity index is 316. The van der Waals surface area contributed by atoms with Crippen LogP contribution in [0.4, 0.5) is 0 Å². The van der Waals surface area contributed by atoms with E-state index in [1.54, 1.807) is 0 Å². The summed E-state index contributed by atoms with van der Waals surface area (Å²) in [5.74, 6) is 0.577. The Morgan fingerprint density at radius 2 is 2.43 bits per heavy atom. The molecular formula is C10H14BrN3. The van der Waals surface area contributed by atoms with Crippen molar-refractivity contribution >= 4 is 15.9 Å². The van der Waals surface area contributed by atoms with Crippen LogP contribution in [0.2, 0.25) is 0 Å². The maximum Gasteiger partial charge on any atom is 0.196 e. The first-order chi connectivity index (χ1) is 6.75. The zero-order valence-corrected chi connectivity index (χ0v) is 9.87. The third-order valence-corrected chi connectivity index (χ3v) is 3.07. The molecule has 1 unspecified atom stereocenters. The van der Waals surface area contributed by atoms with Gasteiger partial charge in [-0.25, -0.2) is 9.97 Å². The van der Waals surface area contributed by atoms with Crippen LogP contribution in [0.15, 0.2) is 17.0 Å². The quantitative estimate of drug-likeness (QED) is 0.720. The minimum atomic E-state index is 0.577. The number of rotatable bonds is 1. The van der Waals surface area contributed by atoms with Crippen LogP contribution in [0.5, 0.6) is 0 Å². The second-order valence-electron chi connectivity index (χ2n) is 3.85. The molecule has 0 bridgehead atoms. The van der Waals surface area contributed by atoms with Gasteiger partial charge in [-0.2, -0.15) is 0 Å². The highest BCUT2D eigenvalue weighted by Crippen LogP contribution is 2.24. The fourth-order valence-electron chi connectivity index (χ4n) is 1.98. The van der Waals surface area contributed by atoms with Crippen molar-refractivity contribution in [3.63, 3.8) is 0 Å². The van der Waals surface area contributed by atoms with Crippen LogP contribution in [-0.4, -0.2) is 35.0 Å². The summed E-state index contributed by atoms with van der Waals surface area (Å²) in [4.78, 5) is 10.8. The summed E-state index contributed by atoms with van der Waals surface area (Å²) >= 11 is 3.31. The Morgan fingerprint density at radius 1 is 1.57 bits per heavy atom. The SMILES string of the molecule is CN1CCCC(c2ccnc(Br)n2)C1. The van der Waals surface area contributed by atoms with E-state index in [4.69, 9.17) is 0 Å². The van der Waals surface area contributed by atoms with E-state index < -0.39 is 0 Å². The molecule has 1 aliphatic heterocycles. The van der Waals surface area contributed by atoms with Gasteiger partial charge >= 0.3 is 0 Å². The van der Waals surface area contributed by atoms with Crippen LogP contribution < -0.4 is 0 Å². The average molecular weight is 256 g/mol. The molecule has 0 radical (unpaired) electrons. The zero-order chi connectivity index (χ0) is 9.97. The van der Waals surface area contributed by atoms with Gasteiger partial charge < -0.3 is 4.90 Å². The van der Waals surface area contributed by atoms with Crippen LogP contribution in [0.25, 0.3) is 0 Å². The Balaban J connectivity index is 2.14. The number of likely N-dealkylation sites (N-methyl/N-ethyl adjacent to an activating group) is 1. The number of halogens is 1. The molecule has 0 spiro atoms. The van der Waals surface area contributed by atoms with E-state index in [2.05, 4.69) is 37.8 Å². The summed E-state index contributed by atoms with van der Waals surface area (Å²) in [6.07, 6.45) is 4.33. The number of aromatic nitrogens is 2. The molecule has 2 heterocycles. The summed E-state index contributed by atoms with van der Waals surface area (Å²) in [6.45, 7) is 2.33. The lowest BCUT2D eigenvalue weighted by molar-refractivity contribution is 0.248. The van der Waals surface area contributed by atoms with Gasteiger partial charge in [0.1, 0.15) is 0 Å². The minimum absolute atomic E-state index is 0.577. The summed E-state index contributed by atoms with van der Waals surface area (Å²) in [6, 6.07) is 2.02. The molecule has 2 rings (SSSR count). The monoisotopic (exact) mass is 255 g/mol. The first kappa shape index (κ1) is 10.1. The van der Waals surface area contributed by atoms with Crippen molar-refractivity contribution in [1.29, 1.82) is 0 Å². The van der Waals surface area contributed by atoms with Crippen LogP contribution >= 0.6 is 15.9 Å². The Hall–Kier alpha value is -0.480. The molecule has 0 amide bonds. The summed E-state index contributed by atoms with van der Waals surface area (Å²) in [5.41, 5.74) is 1.17. The molecule has 0 saturated carbocycles. The van der Waals surface area contributed by atoms with Crippen LogP contribution in [0, 0.1) is 0 Å². The van der Waals surface area contributed by atoms with Gasteiger partial charge in [0.25, 0.3) is 0 Å². The molecule has 76 valence electrons. The summed E-state index contributed by atoms with van der Waals surface area (Å²) in [7, 11) is 2.17. The van der Waals surface area contributed by atoms with Gasteiger partial charge in [0, 0.05) is 24.4 Å². The topological polar surface area (TPSA) is 29.0 Å². The number of likely N-dealkylation sites (tertiary alicyclic amines) is 1. The van der Waals surface area contributed by atoms with Crippen molar-refractivity contribution in [3.05, 3.63) is 22.7 Å². The fourth-order valence-corrected chi connectivity index (χ4v) is 2.31. The number of hydrogen-bond donors (Lipinski definition) is 0. The predicted molar refractivity (Wildman–Crippen MR) is 59.2 cm³/mol. The van der Waals surface area contributed by atoms with E-state index in [9.17, 15) is 0 Å². The first-order valence-electron chi connectivity index (χ1n) is 4.92. The molecule has 1 aliphatic rings. The standard InChI is InChI=1S/C10H14BrN3/c1-14-6-2-3-8(7-14)9-4-5-12-10(11)13-9/h4-5,8H,2-3,6-7H2,1H3. The number of hydrogen-bond acceptors (Lipinski definition) is 3. The fraction of sp³-hybridized carbons (Fsp3) is 0.600. The van der Waals surface area contributed by atoms with Gasteiger partial charge in [-0.15, -0.1) is 0 Å². The molecule has 1 fully saturated rings. The van der Waals surface area contributed by atoms with Gasteiger partial charge in [-0.05, 0) is 48.4 Å². The van der Waals surface area contributed by atoms with E-state index in [0.29, 0.717) is 10.7 Å². The van der Waals surface area contributed by atoms with Crippen LogP contribution in [-0.2, 0) is 0 Å². The average Bonchev–Trinajstić information content (AvgIpc) is 2.18. The second-order valence-corrected chi connectivity index (χ2v) is 4.56. The molecule has 1 aromatic rings. The molecule has 3 nitrogen and oxygen atoms in total. The minimum Gasteiger partial charge on any atom is -0.306 e. The highest BCUT2D eigenvalue weighted by molar-refractivity contribution is 9.10. The van der Waals surface area contributed by atoms with E-state index in [1.165, 1.54) is 25.1 Å². The molecular weight excluding hydrogens is 242 g/mol. The van der Waals surface area contributed by atoms with Crippen molar-refractivity contribution in [2.24, 2.45) is 0 Å². The molecule has 1 saturated heterocycles. The normalized spacial score (nSPS) is 23.7. The smallest absolute Gasteiger partial charge is 0.196 e. The summed E-state index contributed by atoms with van der Waals surface area (Å²) < 4.78 is 0.697. The lowest BCUT2D eigenvalue weighted by atomic mass is 9.95. The van der Waals surface area contributed by atoms with Crippen LogP contribution in [0.1, 0.15) is 24.5 Å². The molecule has 1 atom stereocenters. The highest BCUT2D eigenvalue weighted by atomic mass is 79.9. The van der Waals surface area contributed by atoms with Gasteiger partial charge in [0.05, 0.1) is 0 Å². The number of nitrogens with zero attached hydrogens (tertiary/aromatic N) is 3. The Labute approximate surface area is 92.7 Å².